The van der Waals surface area contributed by atoms with Gasteiger partial charge in [-0.25, -0.2) is 4.39 Å². The lowest BCUT2D eigenvalue weighted by Crippen LogP contribution is -2.50. The van der Waals surface area contributed by atoms with Crippen molar-refractivity contribution < 1.29 is 23.1 Å². The van der Waals surface area contributed by atoms with Crippen LogP contribution in [-0.2, 0) is 16.0 Å². The van der Waals surface area contributed by atoms with Crippen molar-refractivity contribution in [3.63, 3.8) is 0 Å². The van der Waals surface area contributed by atoms with Crippen molar-refractivity contribution in [3.05, 3.63) is 59.8 Å². The smallest absolute Gasteiger partial charge is 0.254 e. The van der Waals surface area contributed by atoms with E-state index in [-0.39, 0.29) is 12.0 Å². The molecule has 8 heteroatoms. The van der Waals surface area contributed by atoms with Gasteiger partial charge >= 0.3 is 0 Å². The molecule has 2 fully saturated rings. The van der Waals surface area contributed by atoms with Crippen LogP contribution in [0.3, 0.4) is 0 Å². The highest BCUT2D eigenvalue weighted by Crippen LogP contribution is 2.14. The molecule has 1 aromatic heterocycles. The molecule has 2 aromatic rings. The number of furan rings is 1. The summed E-state index contributed by atoms with van der Waals surface area (Å²) >= 11 is 0. The molecular formula is C23H30FN3O4. The van der Waals surface area contributed by atoms with Crippen LogP contribution in [0.4, 0.5) is 4.39 Å². The third-order valence-electron chi connectivity index (χ3n) is 5.76. The SMILES string of the molecule is O=C(c1cccc(F)c1)N(CCN1CCOCC1)CC1CN(Cc2ccco2)CCO1. The molecule has 168 valence electrons. The number of halogens is 1. The van der Waals surface area contributed by atoms with Crippen molar-refractivity contribution in [1.82, 2.24) is 14.7 Å². The standard InChI is InChI=1S/C23H30FN3O4/c24-20-4-1-3-19(15-20)23(28)27(7-6-25-8-12-29-13-9-25)18-22-17-26(10-14-31-22)16-21-5-2-11-30-21/h1-5,11,15,22H,6-10,12-14,16-18H2. The van der Waals surface area contributed by atoms with Gasteiger partial charge < -0.3 is 18.8 Å². The van der Waals surface area contributed by atoms with Gasteiger partial charge in [0.1, 0.15) is 11.6 Å². The summed E-state index contributed by atoms with van der Waals surface area (Å²) < 4.78 is 30.6. The van der Waals surface area contributed by atoms with Crippen molar-refractivity contribution >= 4 is 5.91 Å². The molecule has 4 rings (SSSR count). The summed E-state index contributed by atoms with van der Waals surface area (Å²) in [5.74, 6) is 0.345. The Labute approximate surface area is 182 Å². The zero-order valence-electron chi connectivity index (χ0n) is 17.7. The fourth-order valence-electron chi connectivity index (χ4n) is 4.07. The Balaban J connectivity index is 1.40. The minimum absolute atomic E-state index is 0.106. The quantitative estimate of drug-likeness (QED) is 0.638. The van der Waals surface area contributed by atoms with Crippen molar-refractivity contribution in [2.45, 2.75) is 12.6 Å². The summed E-state index contributed by atoms with van der Waals surface area (Å²) in [5, 5.41) is 0. The number of ether oxygens (including phenoxy) is 2. The van der Waals surface area contributed by atoms with Crippen LogP contribution < -0.4 is 0 Å². The molecule has 7 nitrogen and oxygen atoms in total. The van der Waals surface area contributed by atoms with Gasteiger partial charge in [-0.05, 0) is 30.3 Å². The summed E-state index contributed by atoms with van der Waals surface area (Å²) in [6.07, 6.45) is 1.57. The molecule has 0 spiro atoms. The second-order valence-corrected chi connectivity index (χ2v) is 8.02. The van der Waals surface area contributed by atoms with Crippen molar-refractivity contribution in [3.8, 4) is 0 Å². The van der Waals surface area contributed by atoms with Crippen LogP contribution in [0.25, 0.3) is 0 Å². The van der Waals surface area contributed by atoms with Crippen molar-refractivity contribution in [2.75, 3.05) is 65.6 Å². The molecule has 2 aliphatic rings. The van der Waals surface area contributed by atoms with E-state index < -0.39 is 5.82 Å². The lowest BCUT2D eigenvalue weighted by Gasteiger charge is -2.36. The van der Waals surface area contributed by atoms with Gasteiger partial charge in [0, 0.05) is 51.4 Å². The normalized spacial score (nSPS) is 20.6. The molecule has 31 heavy (non-hydrogen) atoms. The monoisotopic (exact) mass is 431 g/mol. The number of carbonyl (C=O) groups is 1. The molecule has 1 unspecified atom stereocenters. The first-order valence-corrected chi connectivity index (χ1v) is 10.9. The third-order valence-corrected chi connectivity index (χ3v) is 5.76. The fourth-order valence-corrected chi connectivity index (χ4v) is 4.07. The summed E-state index contributed by atoms with van der Waals surface area (Å²) in [4.78, 5) is 19.6. The zero-order valence-corrected chi connectivity index (χ0v) is 17.7. The topological polar surface area (TPSA) is 58.4 Å². The lowest BCUT2D eigenvalue weighted by atomic mass is 10.1. The Kier molecular flexibility index (Phi) is 7.69. The van der Waals surface area contributed by atoms with Crippen LogP contribution in [0.2, 0.25) is 0 Å². The van der Waals surface area contributed by atoms with E-state index in [9.17, 15) is 9.18 Å². The Morgan fingerprint density at radius 3 is 2.71 bits per heavy atom. The van der Waals surface area contributed by atoms with Crippen LogP contribution in [0.1, 0.15) is 16.1 Å². The third kappa shape index (κ3) is 6.36. The number of hydrogen-bond acceptors (Lipinski definition) is 6. The largest absolute Gasteiger partial charge is 0.468 e. The first kappa shape index (κ1) is 22.0. The Morgan fingerprint density at radius 2 is 1.94 bits per heavy atom. The first-order valence-electron chi connectivity index (χ1n) is 10.9. The van der Waals surface area contributed by atoms with E-state index in [0.29, 0.717) is 45.0 Å². The van der Waals surface area contributed by atoms with Crippen LogP contribution in [0, 0.1) is 5.82 Å². The summed E-state index contributed by atoms with van der Waals surface area (Å²) in [7, 11) is 0. The number of hydrogen-bond donors (Lipinski definition) is 0. The van der Waals surface area contributed by atoms with Gasteiger partial charge in [-0.15, -0.1) is 0 Å². The average molecular weight is 432 g/mol. The molecule has 3 heterocycles. The first-order chi connectivity index (χ1) is 15.2. The molecule has 2 saturated heterocycles. The molecule has 0 aliphatic carbocycles. The van der Waals surface area contributed by atoms with E-state index in [0.717, 1.165) is 38.5 Å². The summed E-state index contributed by atoms with van der Waals surface area (Å²) in [6.45, 7) is 7.80. The van der Waals surface area contributed by atoms with E-state index in [1.807, 2.05) is 12.1 Å². The highest BCUT2D eigenvalue weighted by atomic mass is 19.1. The lowest BCUT2D eigenvalue weighted by molar-refractivity contribution is -0.0457. The Bertz CT molecular complexity index is 826. The average Bonchev–Trinajstić information content (AvgIpc) is 3.30. The second-order valence-electron chi connectivity index (χ2n) is 8.02. The van der Waals surface area contributed by atoms with Crippen LogP contribution in [0.5, 0.6) is 0 Å². The molecule has 0 bridgehead atoms. The number of carbonyl (C=O) groups excluding carboxylic acids is 1. The maximum Gasteiger partial charge on any atom is 0.254 e. The second kappa shape index (κ2) is 10.9. The predicted octanol–water partition coefficient (Wildman–Crippen LogP) is 2.09. The molecule has 0 saturated carbocycles. The summed E-state index contributed by atoms with van der Waals surface area (Å²) in [6, 6.07) is 9.74. The van der Waals surface area contributed by atoms with Gasteiger partial charge in [-0.3, -0.25) is 14.6 Å². The maximum atomic E-state index is 13.7. The van der Waals surface area contributed by atoms with Gasteiger partial charge in [0.15, 0.2) is 0 Å². The number of morpholine rings is 2. The maximum absolute atomic E-state index is 13.7. The van der Waals surface area contributed by atoms with Crippen LogP contribution >= 0.6 is 0 Å². The highest BCUT2D eigenvalue weighted by Gasteiger charge is 2.27. The van der Waals surface area contributed by atoms with E-state index in [4.69, 9.17) is 13.9 Å². The molecular weight excluding hydrogens is 401 g/mol. The number of nitrogens with zero attached hydrogens (tertiary/aromatic N) is 3. The molecule has 2 aliphatic heterocycles. The molecule has 1 aromatic carbocycles. The van der Waals surface area contributed by atoms with E-state index in [2.05, 4.69) is 9.80 Å². The van der Waals surface area contributed by atoms with E-state index >= 15 is 0 Å². The molecule has 1 amide bonds. The van der Waals surface area contributed by atoms with Crippen molar-refractivity contribution in [1.29, 1.82) is 0 Å². The van der Waals surface area contributed by atoms with Gasteiger partial charge in [0.25, 0.3) is 5.91 Å². The zero-order chi connectivity index (χ0) is 21.5. The minimum atomic E-state index is -0.405. The Morgan fingerprint density at radius 1 is 1.10 bits per heavy atom. The number of rotatable bonds is 8. The summed E-state index contributed by atoms with van der Waals surface area (Å²) in [5.41, 5.74) is 0.366. The fraction of sp³-hybridized carbons (Fsp3) is 0.522. The van der Waals surface area contributed by atoms with Gasteiger partial charge in [-0.2, -0.15) is 0 Å². The van der Waals surface area contributed by atoms with Gasteiger partial charge in [0.05, 0.1) is 38.7 Å². The molecule has 0 N–H and O–H groups in total. The predicted molar refractivity (Wildman–Crippen MR) is 113 cm³/mol. The highest BCUT2D eigenvalue weighted by molar-refractivity contribution is 5.94. The van der Waals surface area contributed by atoms with Gasteiger partial charge in [0.2, 0.25) is 0 Å². The van der Waals surface area contributed by atoms with Crippen LogP contribution in [-0.4, -0.2) is 92.3 Å². The minimum Gasteiger partial charge on any atom is -0.468 e. The van der Waals surface area contributed by atoms with Gasteiger partial charge in [-0.1, -0.05) is 6.07 Å². The Hall–Kier alpha value is -2.26. The molecule has 1 atom stereocenters. The number of amides is 1. The molecule has 0 radical (unpaired) electrons. The van der Waals surface area contributed by atoms with Crippen molar-refractivity contribution in [2.24, 2.45) is 0 Å². The van der Waals surface area contributed by atoms with E-state index in [1.165, 1.54) is 12.1 Å². The van der Waals surface area contributed by atoms with E-state index in [1.54, 1.807) is 23.3 Å². The number of benzene rings is 1. The van der Waals surface area contributed by atoms with Crippen LogP contribution in [0.15, 0.2) is 47.1 Å².